The van der Waals surface area contributed by atoms with Gasteiger partial charge in [-0.3, -0.25) is 0 Å². The van der Waals surface area contributed by atoms with Gasteiger partial charge in [-0.15, -0.1) is 0 Å². The van der Waals surface area contributed by atoms with Crippen LogP contribution in [0.4, 0.5) is 18.0 Å². The Bertz CT molecular complexity index is 649. The number of alkyl halides is 3. The first-order chi connectivity index (χ1) is 11.1. The van der Waals surface area contributed by atoms with Gasteiger partial charge >= 0.3 is 12.3 Å². The van der Waals surface area contributed by atoms with Gasteiger partial charge in [0, 0.05) is 6.54 Å². The van der Waals surface area contributed by atoms with Crippen molar-refractivity contribution in [1.29, 1.82) is 0 Å². The van der Waals surface area contributed by atoms with E-state index in [0.717, 1.165) is 24.5 Å². The Balaban J connectivity index is 1.90. The lowest BCUT2D eigenvalue weighted by Crippen LogP contribution is -2.43. The molecular formula is C18H22F3NO2. The summed E-state index contributed by atoms with van der Waals surface area (Å²) in [4.78, 5) is 14.2. The monoisotopic (exact) mass is 341 g/mol. The van der Waals surface area contributed by atoms with Crippen LogP contribution in [-0.2, 0) is 17.3 Å². The number of rotatable bonds is 0. The number of benzene rings is 1. The molecule has 0 saturated carbocycles. The van der Waals surface area contributed by atoms with Gasteiger partial charge < -0.3 is 9.64 Å². The maximum absolute atomic E-state index is 12.9. The van der Waals surface area contributed by atoms with Crippen molar-refractivity contribution in [2.24, 2.45) is 5.92 Å². The number of fused-ring (bicyclic) bond motifs is 3. The Hall–Kier alpha value is -1.72. The molecule has 0 unspecified atom stereocenters. The molecule has 1 fully saturated rings. The van der Waals surface area contributed by atoms with Crippen molar-refractivity contribution in [3.8, 4) is 0 Å². The second kappa shape index (κ2) is 5.67. The topological polar surface area (TPSA) is 29.5 Å². The summed E-state index contributed by atoms with van der Waals surface area (Å²) in [6.45, 7) is 6.01. The third-order valence-electron chi connectivity index (χ3n) is 4.66. The largest absolute Gasteiger partial charge is 0.444 e. The van der Waals surface area contributed by atoms with Gasteiger partial charge in [-0.2, -0.15) is 13.2 Å². The van der Waals surface area contributed by atoms with Gasteiger partial charge in [0.15, 0.2) is 0 Å². The van der Waals surface area contributed by atoms with Crippen molar-refractivity contribution in [3.05, 3.63) is 34.9 Å². The highest BCUT2D eigenvalue weighted by Gasteiger charge is 2.43. The normalized spacial score (nSPS) is 23.7. The third-order valence-corrected chi connectivity index (χ3v) is 4.66. The smallest absolute Gasteiger partial charge is 0.416 e. The molecule has 3 nitrogen and oxygen atoms in total. The minimum Gasteiger partial charge on any atom is -0.444 e. The van der Waals surface area contributed by atoms with Crippen molar-refractivity contribution in [1.82, 2.24) is 4.90 Å². The van der Waals surface area contributed by atoms with Crippen LogP contribution in [-0.4, -0.2) is 23.1 Å². The summed E-state index contributed by atoms with van der Waals surface area (Å²) in [7, 11) is 0. The molecule has 0 N–H and O–H groups in total. The van der Waals surface area contributed by atoms with Crippen LogP contribution in [0.5, 0.6) is 0 Å². The zero-order valence-electron chi connectivity index (χ0n) is 14.1. The Morgan fingerprint density at radius 3 is 2.58 bits per heavy atom. The standard InChI is InChI=1S/C18H22F3NO2/c1-17(2,3)24-16(23)22-8-4-5-11-9-12-10-13(18(19,20)21)6-7-14(12)15(11)22/h6-7,10-11,15H,4-5,8-9H2,1-3H3/t11-,15-/m1/s1. The van der Waals surface area contributed by atoms with Gasteiger partial charge in [0.1, 0.15) is 5.60 Å². The van der Waals surface area contributed by atoms with Gasteiger partial charge in [0.05, 0.1) is 11.6 Å². The van der Waals surface area contributed by atoms with Crippen LogP contribution >= 0.6 is 0 Å². The quantitative estimate of drug-likeness (QED) is 0.668. The Morgan fingerprint density at radius 1 is 1.25 bits per heavy atom. The summed E-state index contributed by atoms with van der Waals surface area (Å²) in [6.07, 6.45) is -2.37. The van der Waals surface area contributed by atoms with E-state index in [9.17, 15) is 18.0 Å². The van der Waals surface area contributed by atoms with Crippen LogP contribution in [0.3, 0.4) is 0 Å². The molecule has 0 bridgehead atoms. The van der Waals surface area contributed by atoms with Crippen LogP contribution in [0.25, 0.3) is 0 Å². The maximum Gasteiger partial charge on any atom is 0.416 e. The number of likely N-dealkylation sites (tertiary alicyclic amines) is 1. The zero-order chi connectivity index (χ0) is 17.7. The van der Waals surface area contributed by atoms with Crippen LogP contribution in [0, 0.1) is 5.92 Å². The molecule has 1 aromatic carbocycles. The Morgan fingerprint density at radius 2 is 1.96 bits per heavy atom. The predicted octanol–water partition coefficient (Wildman–Crippen LogP) is 4.95. The fraction of sp³-hybridized carbons (Fsp3) is 0.611. The lowest BCUT2D eigenvalue weighted by atomic mass is 9.90. The average Bonchev–Trinajstić information content (AvgIpc) is 2.81. The molecule has 1 amide bonds. The first-order valence-electron chi connectivity index (χ1n) is 8.26. The zero-order valence-corrected chi connectivity index (χ0v) is 14.1. The van der Waals surface area contributed by atoms with Gasteiger partial charge in [0.25, 0.3) is 0 Å². The highest BCUT2D eigenvalue weighted by atomic mass is 19.4. The highest BCUT2D eigenvalue weighted by molar-refractivity contribution is 5.69. The molecule has 0 aromatic heterocycles. The first-order valence-corrected chi connectivity index (χ1v) is 8.26. The van der Waals surface area contributed by atoms with E-state index in [2.05, 4.69) is 0 Å². The second-order valence-corrected chi connectivity index (χ2v) is 7.64. The van der Waals surface area contributed by atoms with E-state index >= 15 is 0 Å². The van der Waals surface area contributed by atoms with Crippen LogP contribution in [0.2, 0.25) is 0 Å². The van der Waals surface area contributed by atoms with Crippen LogP contribution < -0.4 is 0 Å². The molecule has 3 rings (SSSR count). The molecule has 1 aliphatic heterocycles. The van der Waals surface area contributed by atoms with E-state index in [1.54, 1.807) is 4.90 Å². The molecule has 2 atom stereocenters. The summed E-state index contributed by atoms with van der Waals surface area (Å²) in [5.74, 6) is 0.171. The van der Waals surface area contributed by atoms with E-state index in [1.165, 1.54) is 12.1 Å². The number of amides is 1. The van der Waals surface area contributed by atoms with Crippen molar-refractivity contribution in [2.75, 3.05) is 6.54 Å². The highest BCUT2D eigenvalue weighted by Crippen LogP contribution is 2.47. The number of nitrogens with zero attached hydrogens (tertiary/aromatic N) is 1. The number of piperidine rings is 1. The Labute approximate surface area is 139 Å². The summed E-state index contributed by atoms with van der Waals surface area (Å²) < 4.78 is 44.3. The first kappa shape index (κ1) is 17.1. The number of ether oxygens (including phenoxy) is 1. The molecule has 1 aromatic rings. The maximum atomic E-state index is 12.9. The number of hydrogen-bond acceptors (Lipinski definition) is 2. The minimum absolute atomic E-state index is 0.171. The van der Waals surface area contributed by atoms with Gasteiger partial charge in [0.2, 0.25) is 0 Å². The van der Waals surface area contributed by atoms with E-state index in [4.69, 9.17) is 4.74 Å². The summed E-state index contributed by atoms with van der Waals surface area (Å²) in [5.41, 5.74) is 0.323. The van der Waals surface area contributed by atoms with Gasteiger partial charge in [-0.1, -0.05) is 6.07 Å². The number of hydrogen-bond donors (Lipinski definition) is 0. The molecule has 0 radical (unpaired) electrons. The molecule has 2 aliphatic rings. The molecule has 132 valence electrons. The summed E-state index contributed by atoms with van der Waals surface area (Å²) in [6, 6.07) is 3.71. The molecule has 0 spiro atoms. The molecule has 1 heterocycles. The summed E-state index contributed by atoms with van der Waals surface area (Å²) >= 11 is 0. The van der Waals surface area contributed by atoms with Crippen molar-refractivity contribution in [3.63, 3.8) is 0 Å². The second-order valence-electron chi connectivity index (χ2n) is 7.64. The molecular weight excluding hydrogens is 319 g/mol. The van der Waals surface area contributed by atoms with Crippen molar-refractivity contribution >= 4 is 6.09 Å². The lowest BCUT2D eigenvalue weighted by molar-refractivity contribution is -0.137. The lowest BCUT2D eigenvalue weighted by Gasteiger charge is -2.38. The molecule has 24 heavy (non-hydrogen) atoms. The van der Waals surface area contributed by atoms with Crippen molar-refractivity contribution in [2.45, 2.75) is 57.9 Å². The molecule has 1 saturated heterocycles. The SMILES string of the molecule is CC(C)(C)OC(=O)N1CCC[C@@H]2Cc3cc(C(F)(F)F)ccc3[C@@H]21. The fourth-order valence-corrected chi connectivity index (χ4v) is 3.77. The van der Waals surface area contributed by atoms with E-state index in [1.807, 2.05) is 20.8 Å². The van der Waals surface area contributed by atoms with Crippen LogP contribution in [0.15, 0.2) is 18.2 Å². The number of carbonyl (C=O) groups is 1. The average molecular weight is 341 g/mol. The van der Waals surface area contributed by atoms with Crippen molar-refractivity contribution < 1.29 is 22.7 Å². The summed E-state index contributed by atoms with van der Waals surface area (Å²) in [5, 5.41) is 0. The van der Waals surface area contributed by atoms with Gasteiger partial charge in [-0.05, 0) is 69.2 Å². The predicted molar refractivity (Wildman–Crippen MR) is 83.6 cm³/mol. The molecule has 6 heteroatoms. The van der Waals surface area contributed by atoms with E-state index in [0.29, 0.717) is 18.5 Å². The molecule has 1 aliphatic carbocycles. The number of carbonyl (C=O) groups excluding carboxylic acids is 1. The third kappa shape index (κ3) is 3.23. The van der Waals surface area contributed by atoms with Crippen LogP contribution in [0.1, 0.15) is 56.3 Å². The van der Waals surface area contributed by atoms with E-state index < -0.39 is 17.3 Å². The minimum atomic E-state index is -4.34. The Kier molecular flexibility index (Phi) is 4.04. The van der Waals surface area contributed by atoms with Gasteiger partial charge in [-0.25, -0.2) is 4.79 Å². The number of halogens is 3. The van der Waals surface area contributed by atoms with E-state index in [-0.39, 0.29) is 18.1 Å². The fourth-order valence-electron chi connectivity index (χ4n) is 3.77.